The molecule has 0 saturated heterocycles. The van der Waals surface area contributed by atoms with Crippen LogP contribution in [0.15, 0.2) is 59.6 Å². The van der Waals surface area contributed by atoms with Crippen molar-refractivity contribution in [2.24, 2.45) is 0 Å². The number of hydrogen-bond acceptors (Lipinski definition) is 6. The van der Waals surface area contributed by atoms with E-state index >= 15 is 0 Å². The van der Waals surface area contributed by atoms with E-state index < -0.39 is 28.1 Å². The zero-order valence-corrected chi connectivity index (χ0v) is 24.0. The van der Waals surface area contributed by atoms with E-state index in [1.165, 1.54) is 18.2 Å². The molecular weight excluding hydrogens is 547 g/mol. The number of fused-ring (bicyclic) bond motifs is 1. The van der Waals surface area contributed by atoms with E-state index in [1.807, 2.05) is 48.9 Å². The highest BCUT2D eigenvalue weighted by molar-refractivity contribution is 7.92. The SMILES string of the molecule is CCc1cc2c(ccn2-c2ccc(C)nn2)cc1N(CC(=O)OC(C)(C)C)S(=O)(=O)c1cc(Cl)cc(Cl)c1. The lowest BCUT2D eigenvalue weighted by atomic mass is 10.1. The molecule has 4 rings (SSSR count). The molecule has 200 valence electrons. The molecule has 0 N–H and O–H groups in total. The fourth-order valence-electron chi connectivity index (χ4n) is 4.04. The lowest BCUT2D eigenvalue weighted by molar-refractivity contribution is -0.152. The molecule has 0 aliphatic rings. The third-order valence-electron chi connectivity index (χ3n) is 5.69. The maximum atomic E-state index is 14.0. The Balaban J connectivity index is 1.89. The average molecular weight is 576 g/mol. The lowest BCUT2D eigenvalue weighted by Gasteiger charge is -2.28. The minimum atomic E-state index is -4.27. The summed E-state index contributed by atoms with van der Waals surface area (Å²) < 4.78 is 36.4. The molecule has 4 aromatic rings. The standard InChI is InChI=1S/C27H28Cl2N4O4S/c1-6-18-11-23-19(9-10-32(23)25-8-7-17(2)30-31-25)12-24(18)33(16-26(34)37-27(3,4)5)38(35,36)22-14-20(28)13-21(29)15-22/h7-15H,6,16H2,1-5H3. The highest BCUT2D eigenvalue weighted by atomic mass is 35.5. The van der Waals surface area contributed by atoms with Crippen LogP contribution in [-0.4, -0.2) is 41.3 Å². The number of ether oxygens (including phenoxy) is 1. The Labute approximate surface area is 232 Å². The van der Waals surface area contributed by atoms with Gasteiger partial charge in [0.15, 0.2) is 5.82 Å². The monoisotopic (exact) mass is 574 g/mol. The molecule has 0 saturated carbocycles. The van der Waals surface area contributed by atoms with Crippen LogP contribution in [0.5, 0.6) is 0 Å². The minimum Gasteiger partial charge on any atom is -0.459 e. The number of carbonyl (C=O) groups is 1. The summed E-state index contributed by atoms with van der Waals surface area (Å²) in [7, 11) is -4.27. The summed E-state index contributed by atoms with van der Waals surface area (Å²) in [6.07, 6.45) is 2.34. The zero-order valence-electron chi connectivity index (χ0n) is 21.7. The third-order valence-corrected chi connectivity index (χ3v) is 7.86. The average Bonchev–Trinajstić information content (AvgIpc) is 3.23. The van der Waals surface area contributed by atoms with E-state index in [1.54, 1.807) is 26.8 Å². The van der Waals surface area contributed by atoms with Gasteiger partial charge in [-0.05, 0) is 88.2 Å². The fourth-order valence-corrected chi connectivity index (χ4v) is 6.21. The van der Waals surface area contributed by atoms with Crippen LogP contribution in [0.1, 0.15) is 39.0 Å². The first-order valence-corrected chi connectivity index (χ1v) is 14.1. The van der Waals surface area contributed by atoms with Gasteiger partial charge in [-0.2, -0.15) is 5.10 Å². The molecule has 0 radical (unpaired) electrons. The van der Waals surface area contributed by atoms with Crippen molar-refractivity contribution < 1.29 is 17.9 Å². The normalized spacial score (nSPS) is 12.1. The van der Waals surface area contributed by atoms with Crippen LogP contribution in [0.3, 0.4) is 0 Å². The number of aryl methyl sites for hydroxylation is 2. The number of halogens is 2. The van der Waals surface area contributed by atoms with Crippen LogP contribution in [0.2, 0.25) is 10.0 Å². The summed E-state index contributed by atoms with van der Waals surface area (Å²) in [6.45, 7) is 8.41. The molecule has 2 aromatic carbocycles. The highest BCUT2D eigenvalue weighted by Crippen LogP contribution is 2.34. The van der Waals surface area contributed by atoms with Crippen LogP contribution >= 0.6 is 23.2 Å². The second-order valence-electron chi connectivity index (χ2n) is 9.82. The first-order valence-electron chi connectivity index (χ1n) is 11.9. The number of anilines is 1. The van der Waals surface area contributed by atoms with Crippen LogP contribution < -0.4 is 4.31 Å². The first-order chi connectivity index (χ1) is 17.8. The molecule has 0 aliphatic carbocycles. The number of aromatic nitrogens is 3. The Morgan fingerprint density at radius 3 is 2.29 bits per heavy atom. The second kappa shape index (κ2) is 10.6. The number of benzene rings is 2. The lowest BCUT2D eigenvalue weighted by Crippen LogP contribution is -2.39. The summed E-state index contributed by atoms with van der Waals surface area (Å²) in [6, 6.07) is 13.3. The predicted octanol–water partition coefficient (Wildman–Crippen LogP) is 6.14. The quantitative estimate of drug-likeness (QED) is 0.246. The Hall–Kier alpha value is -3.14. The molecule has 0 amide bonds. The van der Waals surface area contributed by atoms with Gasteiger partial charge in [0.1, 0.15) is 12.1 Å². The Kier molecular flexibility index (Phi) is 7.74. The van der Waals surface area contributed by atoms with E-state index in [4.69, 9.17) is 27.9 Å². The largest absolute Gasteiger partial charge is 0.459 e. The smallest absolute Gasteiger partial charge is 0.327 e. The molecule has 0 atom stereocenters. The first kappa shape index (κ1) is 27.9. The maximum Gasteiger partial charge on any atom is 0.327 e. The molecular formula is C27H28Cl2N4O4S. The fraction of sp³-hybridized carbons (Fsp3) is 0.296. The number of nitrogens with zero attached hydrogens (tertiary/aromatic N) is 4. The van der Waals surface area contributed by atoms with Gasteiger partial charge in [-0.3, -0.25) is 13.7 Å². The number of sulfonamides is 1. The Morgan fingerprint density at radius 2 is 1.71 bits per heavy atom. The third kappa shape index (κ3) is 5.95. The highest BCUT2D eigenvalue weighted by Gasteiger charge is 2.31. The number of hydrogen-bond donors (Lipinski definition) is 0. The molecule has 38 heavy (non-hydrogen) atoms. The van der Waals surface area contributed by atoms with Gasteiger partial charge in [-0.1, -0.05) is 30.1 Å². The van der Waals surface area contributed by atoms with E-state index in [2.05, 4.69) is 10.2 Å². The van der Waals surface area contributed by atoms with Gasteiger partial charge in [0, 0.05) is 21.6 Å². The van der Waals surface area contributed by atoms with Gasteiger partial charge >= 0.3 is 5.97 Å². The van der Waals surface area contributed by atoms with E-state index in [0.29, 0.717) is 23.5 Å². The van der Waals surface area contributed by atoms with Gasteiger partial charge in [-0.25, -0.2) is 8.42 Å². The van der Waals surface area contributed by atoms with Crippen molar-refractivity contribution in [3.05, 3.63) is 76.0 Å². The summed E-state index contributed by atoms with van der Waals surface area (Å²) in [5.41, 5.74) is 1.89. The van der Waals surface area contributed by atoms with E-state index in [0.717, 1.165) is 20.9 Å². The van der Waals surface area contributed by atoms with Crippen LogP contribution in [0, 0.1) is 6.92 Å². The van der Waals surface area contributed by atoms with E-state index in [-0.39, 0.29) is 14.9 Å². The maximum absolute atomic E-state index is 14.0. The van der Waals surface area contributed by atoms with Crippen molar-refractivity contribution in [2.45, 2.75) is 51.5 Å². The zero-order chi connectivity index (χ0) is 27.8. The molecule has 0 fully saturated rings. The van der Waals surface area contributed by atoms with Crippen molar-refractivity contribution in [3.8, 4) is 5.82 Å². The molecule has 8 nitrogen and oxygen atoms in total. The van der Waals surface area contributed by atoms with Gasteiger partial charge in [0.2, 0.25) is 0 Å². The number of carbonyl (C=O) groups excluding carboxylic acids is 1. The molecule has 2 aromatic heterocycles. The minimum absolute atomic E-state index is 0.131. The number of rotatable bonds is 7. The Bertz CT molecular complexity index is 1590. The van der Waals surface area contributed by atoms with Gasteiger partial charge in [0.05, 0.1) is 21.8 Å². The van der Waals surface area contributed by atoms with Gasteiger partial charge < -0.3 is 4.74 Å². The molecule has 0 unspecified atom stereocenters. The van der Waals surface area contributed by atoms with Crippen molar-refractivity contribution in [1.82, 2.24) is 14.8 Å². The van der Waals surface area contributed by atoms with Crippen molar-refractivity contribution in [2.75, 3.05) is 10.8 Å². The van der Waals surface area contributed by atoms with Crippen molar-refractivity contribution in [3.63, 3.8) is 0 Å². The molecule has 0 aliphatic heterocycles. The van der Waals surface area contributed by atoms with Crippen molar-refractivity contribution >= 4 is 55.8 Å². The van der Waals surface area contributed by atoms with Crippen molar-refractivity contribution in [1.29, 1.82) is 0 Å². The van der Waals surface area contributed by atoms with Crippen LogP contribution in [-0.2, 0) is 26.0 Å². The van der Waals surface area contributed by atoms with E-state index in [9.17, 15) is 13.2 Å². The van der Waals surface area contributed by atoms with Crippen LogP contribution in [0.25, 0.3) is 16.7 Å². The molecule has 11 heteroatoms. The molecule has 2 heterocycles. The summed E-state index contributed by atoms with van der Waals surface area (Å²) in [5, 5.41) is 9.50. The molecule has 0 bridgehead atoms. The topological polar surface area (TPSA) is 94.4 Å². The second-order valence-corrected chi connectivity index (χ2v) is 12.6. The molecule has 0 spiro atoms. The summed E-state index contributed by atoms with van der Waals surface area (Å²) >= 11 is 12.3. The predicted molar refractivity (Wildman–Crippen MR) is 150 cm³/mol. The number of esters is 1. The van der Waals surface area contributed by atoms with Gasteiger partial charge in [-0.15, -0.1) is 5.10 Å². The van der Waals surface area contributed by atoms with Gasteiger partial charge in [0.25, 0.3) is 10.0 Å². The summed E-state index contributed by atoms with van der Waals surface area (Å²) in [5.74, 6) is -0.0592. The summed E-state index contributed by atoms with van der Waals surface area (Å²) in [4.78, 5) is 12.8. The Morgan fingerprint density at radius 1 is 1.03 bits per heavy atom. The van der Waals surface area contributed by atoms with Crippen LogP contribution in [0.4, 0.5) is 5.69 Å².